The van der Waals surface area contributed by atoms with Crippen LogP contribution in [0.2, 0.25) is 104 Å². The molecule has 0 N–H and O–H groups in total. The maximum atomic E-state index is 14.5. The van der Waals surface area contributed by atoms with E-state index in [-0.39, 0.29) is 0 Å². The zero-order valence-corrected chi connectivity index (χ0v) is 71.9. The SMILES string of the molecule is Cc1ccc(C2(c3ccc(C)c(OC(=O)Oc4ccccc4CCC[Si](C)(O[Si](C)(C)C)O[Si](O[Si](C)(C)C)(c4ccccc4)c4ccccc4)c3)c3ccccc3-c3ccccc32)cc1OC(=O)Oc1ccccc1CCC[Si](C)(O[Si](C)(C)O[Si](C)(C)C)O[Si](C)(c1ccccc1)c1ccccc1. The Bertz CT molecular complexity index is 4400. The van der Waals surface area contributed by atoms with Crippen LogP contribution in [0.3, 0.4) is 0 Å². The van der Waals surface area contributed by atoms with Gasteiger partial charge in [0.2, 0.25) is 8.32 Å². The van der Waals surface area contributed by atoms with Crippen molar-refractivity contribution >= 4 is 101 Å². The Hall–Kier alpha value is -7.76. The normalized spacial score (nSPS) is 14.3. The van der Waals surface area contributed by atoms with E-state index < -0.39 is 85.2 Å². The zero-order valence-electron chi connectivity index (χ0n) is 63.9. The quantitative estimate of drug-likeness (QED) is 0.0242. The molecule has 11 rings (SSSR count). The largest absolute Gasteiger partial charge is 0.519 e. The van der Waals surface area contributed by atoms with Gasteiger partial charge in [-0.1, -0.05) is 231 Å². The number of aryl methyl sites for hydroxylation is 4. The molecular weight excluding hydrogens is 1440 g/mol. The maximum Gasteiger partial charge on any atom is 0.519 e. The molecule has 0 spiro atoms. The van der Waals surface area contributed by atoms with Crippen LogP contribution in [0.15, 0.2) is 255 Å². The summed E-state index contributed by atoms with van der Waals surface area (Å²) in [5, 5.41) is 4.45. The summed E-state index contributed by atoms with van der Waals surface area (Å²) in [4.78, 5) is 29.0. The Morgan fingerprint density at radius 2 is 0.667 bits per heavy atom. The molecule has 0 aromatic heterocycles. The number of rotatable bonds is 30. The molecule has 546 valence electrons. The van der Waals surface area contributed by atoms with Crippen LogP contribution in [-0.4, -0.2) is 79.8 Å². The zero-order chi connectivity index (χ0) is 75.1. The molecule has 1 aliphatic carbocycles. The van der Waals surface area contributed by atoms with Crippen LogP contribution in [0, 0.1) is 13.8 Å². The van der Waals surface area contributed by atoms with Gasteiger partial charge in [0.15, 0.2) is 25.0 Å². The van der Waals surface area contributed by atoms with Gasteiger partial charge in [-0.15, -0.1) is 0 Å². The molecular formula is C85H102O12Si8. The average Bonchev–Trinajstić information content (AvgIpc) is 1.55. The molecule has 2 atom stereocenters. The minimum atomic E-state index is -3.34. The summed E-state index contributed by atoms with van der Waals surface area (Å²) in [5.74, 6) is 1.49. The van der Waals surface area contributed by atoms with Gasteiger partial charge in [0.1, 0.15) is 23.0 Å². The number of carbonyl (C=O) groups excluding carboxylic acids is 2. The Morgan fingerprint density at radius 3 is 1.07 bits per heavy atom. The van der Waals surface area contributed by atoms with Crippen LogP contribution in [0.25, 0.3) is 11.1 Å². The third-order valence-corrected chi connectivity index (χ3v) is 48.5. The van der Waals surface area contributed by atoms with E-state index in [2.05, 4.69) is 237 Å². The molecule has 105 heavy (non-hydrogen) atoms. The van der Waals surface area contributed by atoms with Gasteiger partial charge in [0, 0.05) is 0 Å². The summed E-state index contributed by atoms with van der Waals surface area (Å²) in [7, 11) is -21.4. The van der Waals surface area contributed by atoms with Crippen molar-refractivity contribution in [1.82, 2.24) is 0 Å². The minimum Gasteiger partial charge on any atom is -0.437 e. The first-order valence-corrected chi connectivity index (χ1v) is 58.9. The van der Waals surface area contributed by atoms with Gasteiger partial charge < -0.3 is 43.6 Å². The highest BCUT2D eigenvalue weighted by Crippen LogP contribution is 2.57. The molecule has 1 aliphatic rings. The maximum absolute atomic E-state index is 14.5. The number of fused-ring (bicyclic) bond motifs is 3. The number of hydrogen-bond donors (Lipinski definition) is 0. The number of hydrogen-bond acceptors (Lipinski definition) is 12. The standard InChI is InChI=1S/C85H102O12Si8/c1-65-57-59-69(63-81(65)90-83(86)88-79-55-35-29-39-67(79)41-37-61-102(14,93-99(6,7)8)97-105(94-100(9,10)11,73-47-25-19-26-48-73)74-49-27-20-28-50-74)85(77-53-33-31-51-75(77)76-52-32-34-54-78(76)85)70-60-58-66(2)82(64-70)91-84(87)89-80-56-36-30-40-68(80)42-38-62-103(15,95-101(12,13)92-98(3,4)5)96-104(16,71-43-21-17-22-44-71)72-45-23-18-24-46-72/h17-36,39-40,43-60,63-64H,37-38,41-42,61-62H2,1-16H3. The lowest BCUT2D eigenvalue weighted by atomic mass is 9.67. The molecule has 0 heterocycles. The smallest absolute Gasteiger partial charge is 0.437 e. The van der Waals surface area contributed by atoms with Crippen LogP contribution in [-0.2, 0) is 42.9 Å². The van der Waals surface area contributed by atoms with E-state index in [1.807, 2.05) is 123 Å². The van der Waals surface area contributed by atoms with Gasteiger partial charge >= 0.3 is 46.6 Å². The van der Waals surface area contributed by atoms with Crippen LogP contribution in [0.1, 0.15) is 57.3 Å². The van der Waals surface area contributed by atoms with Crippen molar-refractivity contribution in [2.24, 2.45) is 0 Å². The third kappa shape index (κ3) is 19.0. The fourth-order valence-corrected chi connectivity index (χ4v) is 51.4. The number of para-hydroxylation sites is 2. The van der Waals surface area contributed by atoms with E-state index in [1.54, 1.807) is 0 Å². The second kappa shape index (κ2) is 32.4. The molecule has 0 saturated heterocycles. The summed E-state index contributed by atoms with van der Waals surface area (Å²) in [6, 6.07) is 87.5. The number of benzene rings is 10. The lowest BCUT2D eigenvalue weighted by Gasteiger charge is -2.44. The summed E-state index contributed by atoms with van der Waals surface area (Å²) in [6.07, 6.45) is 0.844. The van der Waals surface area contributed by atoms with Gasteiger partial charge in [0.25, 0.3) is 0 Å². The van der Waals surface area contributed by atoms with Gasteiger partial charge in [0.05, 0.1) is 5.41 Å². The van der Waals surface area contributed by atoms with Crippen molar-refractivity contribution in [1.29, 1.82) is 0 Å². The Kier molecular flexibility index (Phi) is 24.1. The van der Waals surface area contributed by atoms with E-state index in [0.29, 0.717) is 60.8 Å². The summed E-state index contributed by atoms with van der Waals surface area (Å²) < 4.78 is 69.5. The minimum absolute atomic E-state index is 0.336. The Balaban J connectivity index is 0.837. The summed E-state index contributed by atoms with van der Waals surface area (Å²) >= 11 is 0. The average molecular weight is 1540 g/mol. The van der Waals surface area contributed by atoms with Crippen molar-refractivity contribution in [3.8, 4) is 34.1 Å². The van der Waals surface area contributed by atoms with E-state index in [4.69, 9.17) is 43.6 Å². The molecule has 0 bridgehead atoms. The topological polar surface area (TPSA) is 126 Å². The van der Waals surface area contributed by atoms with Crippen LogP contribution in [0.4, 0.5) is 9.59 Å². The van der Waals surface area contributed by atoms with Crippen molar-refractivity contribution < 1.29 is 53.2 Å². The molecule has 2 unspecified atom stereocenters. The molecule has 10 aromatic rings. The highest BCUT2D eigenvalue weighted by molar-refractivity contribution is 7.03. The third-order valence-electron chi connectivity index (χ3n) is 18.8. The molecule has 20 heteroatoms. The van der Waals surface area contributed by atoms with Crippen molar-refractivity contribution in [3.05, 3.63) is 299 Å². The van der Waals surface area contributed by atoms with Gasteiger partial charge in [-0.05, 0) is 244 Å². The monoisotopic (exact) mass is 1540 g/mol. The lowest BCUT2D eigenvalue weighted by Crippen LogP contribution is -2.71. The fraction of sp³-hybridized carbons (Fsp3) is 0.271. The molecule has 0 amide bonds. The molecule has 10 aromatic carbocycles. The van der Waals surface area contributed by atoms with Gasteiger partial charge in [-0.3, -0.25) is 0 Å². The highest BCUT2D eigenvalue weighted by Gasteiger charge is 2.54. The van der Waals surface area contributed by atoms with Gasteiger partial charge in [-0.25, -0.2) is 9.59 Å². The van der Waals surface area contributed by atoms with Crippen molar-refractivity contribution in [2.75, 3.05) is 0 Å². The Labute approximate surface area is 631 Å². The molecule has 0 aliphatic heterocycles. The predicted octanol–water partition coefficient (Wildman–Crippen LogP) is 19.8. The van der Waals surface area contributed by atoms with E-state index in [9.17, 15) is 9.59 Å². The summed E-state index contributed by atoms with van der Waals surface area (Å²) in [5.41, 5.74) is 7.97. The first-order chi connectivity index (χ1) is 49.8. The van der Waals surface area contributed by atoms with Crippen LogP contribution < -0.4 is 39.7 Å². The Morgan fingerprint density at radius 1 is 0.324 bits per heavy atom. The van der Waals surface area contributed by atoms with E-state index in [0.717, 1.165) is 66.0 Å². The summed E-state index contributed by atoms with van der Waals surface area (Å²) in [6.45, 7) is 34.8. The van der Waals surface area contributed by atoms with E-state index in [1.165, 1.54) is 10.4 Å². The van der Waals surface area contributed by atoms with Crippen molar-refractivity contribution in [3.63, 3.8) is 0 Å². The lowest BCUT2D eigenvalue weighted by molar-refractivity contribution is 0.150. The van der Waals surface area contributed by atoms with Crippen LogP contribution in [0.5, 0.6) is 23.0 Å². The molecule has 0 radical (unpaired) electrons. The molecule has 0 saturated carbocycles. The predicted molar refractivity (Wildman–Crippen MR) is 445 cm³/mol. The number of ether oxygens (including phenoxy) is 4. The second-order valence-electron chi connectivity index (χ2n) is 31.4. The van der Waals surface area contributed by atoms with Crippen molar-refractivity contribution in [2.45, 2.75) is 149 Å². The first kappa shape index (κ1) is 78.3. The van der Waals surface area contributed by atoms with E-state index >= 15 is 0 Å². The fourth-order valence-electron chi connectivity index (χ4n) is 15.0. The molecule has 12 nitrogen and oxygen atoms in total. The first-order valence-electron chi connectivity index (χ1n) is 36.6. The van der Waals surface area contributed by atoms with Gasteiger partial charge in [-0.2, -0.15) is 0 Å². The molecule has 0 fully saturated rings. The second-order valence-corrected chi connectivity index (χ2v) is 62.9. The number of carbonyl (C=O) groups is 2. The highest BCUT2D eigenvalue weighted by atomic mass is 28.5. The van der Waals surface area contributed by atoms with Crippen LogP contribution >= 0.6 is 0 Å².